The first-order valence-electron chi connectivity index (χ1n) is 39.6. The summed E-state index contributed by atoms with van der Waals surface area (Å²) in [7, 11) is 2.15. The highest BCUT2D eigenvalue weighted by Crippen LogP contribution is 2.50. The summed E-state index contributed by atoms with van der Waals surface area (Å²) in [5, 5.41) is 58.1. The molecule has 6 aromatic carbocycles. The molecule has 0 saturated heterocycles. The van der Waals surface area contributed by atoms with E-state index in [-0.39, 0.29) is 125 Å². The van der Waals surface area contributed by atoms with Crippen molar-refractivity contribution in [3.63, 3.8) is 0 Å². The number of anilines is 1. The molecule has 9 rings (SSSR count). The normalized spacial score (nSPS) is 15.1. The van der Waals surface area contributed by atoms with Crippen molar-refractivity contribution in [3.05, 3.63) is 186 Å². The Morgan fingerprint density at radius 3 is 1.80 bits per heavy atom. The number of para-hydroxylation sites is 1. The Balaban J connectivity index is 0.709. The highest BCUT2D eigenvalue weighted by Gasteiger charge is 2.46. The van der Waals surface area contributed by atoms with Crippen molar-refractivity contribution in [2.45, 2.75) is 154 Å². The van der Waals surface area contributed by atoms with Crippen molar-refractivity contribution < 1.29 is 57.5 Å². The third kappa shape index (κ3) is 24.1. The van der Waals surface area contributed by atoms with Gasteiger partial charge in [0.2, 0.25) is 52.9 Å². The minimum Gasteiger partial charge on any atom is -0.508 e. The average Bonchev–Trinajstić information content (AvgIpc) is 1.58. The predicted molar refractivity (Wildman–Crippen MR) is 450 cm³/mol. The first kappa shape index (κ1) is 87.1. The maximum absolute atomic E-state index is 14.5. The van der Waals surface area contributed by atoms with E-state index in [0.717, 1.165) is 25.8 Å². The molecule has 1 unspecified atom stereocenters. The van der Waals surface area contributed by atoms with Crippen molar-refractivity contribution in [1.82, 2.24) is 58.2 Å². The summed E-state index contributed by atoms with van der Waals surface area (Å²) in [6.45, 7) is 15.9. The number of benzene rings is 6. The molecule has 0 saturated carbocycles. The van der Waals surface area contributed by atoms with Crippen LogP contribution in [0.1, 0.15) is 135 Å². The lowest BCUT2D eigenvalue weighted by molar-refractivity contribution is -0.438. The molecule has 28 heteroatoms. The molecule has 2 aliphatic rings. The molecule has 2 aliphatic heterocycles. The highest BCUT2D eigenvalue weighted by molar-refractivity contribution is 6.08. The fourth-order valence-electron chi connectivity index (χ4n) is 15.1. The molecule has 7 aromatic rings. The third-order valence-electron chi connectivity index (χ3n) is 20.7. The minimum atomic E-state index is -1.37. The van der Waals surface area contributed by atoms with Gasteiger partial charge in [0.05, 0.1) is 38.4 Å². The molecule has 0 radical (unpaired) electrons. The van der Waals surface area contributed by atoms with E-state index in [4.69, 9.17) is 31.8 Å². The van der Waals surface area contributed by atoms with Crippen LogP contribution in [0, 0.1) is 16.7 Å². The predicted octanol–water partition coefficient (Wildman–Crippen LogP) is 7.55. The van der Waals surface area contributed by atoms with Crippen molar-refractivity contribution >= 4 is 109 Å². The van der Waals surface area contributed by atoms with Gasteiger partial charge in [-0.2, -0.15) is 4.58 Å². The molecule has 1 aromatic heterocycles. The second-order valence-corrected chi connectivity index (χ2v) is 30.6. The van der Waals surface area contributed by atoms with E-state index >= 15 is 0 Å². The SMILES string of the molecule is CC(=O)NC(C(=O)N[C@@H](Cc1ccc(O)cc1)C(=O)N[C@@H](CCCNC(=N)N)C(=O)NCC(=O)N[C@@H](CCCNC(=N)N)C(=O)N[C@@H](CC(C)C)C(=O)NCCOCCOCCNC(=O)CCCCC[N+]1=C(/C=C/C=C/C=C2/N(C)c3ccc4ccccc4c3C2(C)C)C(C)(C)c2c1ccc1ccccc21)c1c[nH]c2ccccc12. The van der Waals surface area contributed by atoms with E-state index in [1.54, 1.807) is 42.6 Å². The van der Waals surface area contributed by atoms with Gasteiger partial charge in [-0.05, 0) is 134 Å². The van der Waals surface area contributed by atoms with E-state index in [0.29, 0.717) is 35.0 Å². The van der Waals surface area contributed by atoms with Gasteiger partial charge in [-0.1, -0.05) is 131 Å². The van der Waals surface area contributed by atoms with Crippen molar-refractivity contribution in [1.29, 1.82) is 10.8 Å². The number of rotatable bonds is 43. The number of aromatic nitrogens is 1. The summed E-state index contributed by atoms with van der Waals surface area (Å²) < 4.78 is 13.9. The standard InChI is InChI=1S/C87H113N17O11/c1-55(2)51-68(101-81(111)67(30-22-43-95-85(90)91)99-75(108)54-97-79(109)66(29-21-42-94-84(88)89)100-82(112)69(52-57-34-38-60(106)39-35-57)102-83(113)78(98-56(3)105)64-53-96-65-28-19-18-27-63(64)65)80(110)93-45-48-115-50-49-114-47-44-92-74(107)33-13-10-20-46-104-71-41-37-59-24-15-17-26-62(59)77(71)87(6,7)73(104)32-12-9-11-31-72-86(4,5)76-61-25-16-14-23-58(61)36-40-70(76)103(72)8/h9,11-12,14-19,23-28,31-32,34-41,53,55,66-69,78,96H,10,13,20-22,29-30,33,42-52,54H2,1-8H3,(H16-,88,89,90,91,92,93,94,95,97,98,99,100,101,102,105,106,107,108,109,110,111,112,113)/p+1/t66-,67-,68-,69-,78?/m0/s1. The van der Waals surface area contributed by atoms with Crippen LogP contribution in [0.25, 0.3) is 32.4 Å². The fourth-order valence-corrected chi connectivity index (χ4v) is 15.1. The molecule has 0 bridgehead atoms. The van der Waals surface area contributed by atoms with Gasteiger partial charge in [0, 0.05) is 117 Å². The Labute approximate surface area is 672 Å². The highest BCUT2D eigenvalue weighted by atomic mass is 16.5. The molecular weight excluding hydrogens is 1460 g/mol. The number of fused-ring (bicyclic) bond motifs is 7. The Bertz CT molecular complexity index is 4750. The van der Waals surface area contributed by atoms with Crippen LogP contribution in [0.2, 0.25) is 0 Å². The minimum absolute atomic E-state index is 0.0150. The number of carbonyl (C=O) groups is 8. The number of aromatic hydroxyl groups is 1. The van der Waals surface area contributed by atoms with E-state index in [1.807, 2.05) is 13.8 Å². The lowest BCUT2D eigenvalue weighted by Gasteiger charge is -2.26. The number of nitrogens with two attached hydrogens (primary N) is 2. The zero-order chi connectivity index (χ0) is 82.8. The first-order valence-corrected chi connectivity index (χ1v) is 39.6. The topological polar surface area (TPSA) is 417 Å². The van der Waals surface area contributed by atoms with Crippen molar-refractivity contribution in [3.8, 4) is 5.75 Å². The van der Waals surface area contributed by atoms with Gasteiger partial charge < -0.3 is 89.1 Å². The Kier molecular flexibility index (Phi) is 31.6. The summed E-state index contributed by atoms with van der Waals surface area (Å²) >= 11 is 0. The molecule has 5 atom stereocenters. The number of phenols is 1. The van der Waals surface area contributed by atoms with Crippen LogP contribution in [-0.2, 0) is 65.1 Å². The number of hydrogen-bond donors (Lipinski definition) is 16. The molecule has 115 heavy (non-hydrogen) atoms. The number of phenolic OH excluding ortho intramolecular Hbond substituents is 1. The number of unbranched alkanes of at least 4 members (excludes halogenated alkanes) is 2. The van der Waals surface area contributed by atoms with Crippen LogP contribution in [-0.4, -0.2) is 176 Å². The van der Waals surface area contributed by atoms with E-state index in [9.17, 15) is 43.5 Å². The zero-order valence-corrected chi connectivity index (χ0v) is 67.2. The van der Waals surface area contributed by atoms with E-state index < -0.39 is 78.1 Å². The number of nitrogens with zero attached hydrogens (tertiary/aromatic N) is 2. The van der Waals surface area contributed by atoms with Crippen LogP contribution in [0.15, 0.2) is 164 Å². The average molecular weight is 1570 g/mol. The quantitative estimate of drug-likeness (QED) is 0.00576. The summed E-state index contributed by atoms with van der Waals surface area (Å²) in [5.41, 5.74) is 19.8. The summed E-state index contributed by atoms with van der Waals surface area (Å²) in [5.74, 6) is -5.70. The number of ether oxygens (including phenoxy) is 2. The summed E-state index contributed by atoms with van der Waals surface area (Å²) in [4.78, 5) is 116. The fraction of sp³-hybridized carbons (Fsp3) is 0.414. The lowest BCUT2D eigenvalue weighted by atomic mass is 9.79. The van der Waals surface area contributed by atoms with Crippen LogP contribution in [0.3, 0.4) is 0 Å². The molecule has 612 valence electrons. The lowest BCUT2D eigenvalue weighted by Crippen LogP contribution is -2.57. The van der Waals surface area contributed by atoms with Gasteiger partial charge >= 0.3 is 0 Å². The van der Waals surface area contributed by atoms with Gasteiger partial charge in [0.25, 0.3) is 0 Å². The van der Waals surface area contributed by atoms with Crippen LogP contribution >= 0.6 is 0 Å². The van der Waals surface area contributed by atoms with Gasteiger partial charge in [-0.15, -0.1) is 0 Å². The zero-order valence-electron chi connectivity index (χ0n) is 67.2. The molecule has 28 nitrogen and oxygen atoms in total. The number of carbonyl (C=O) groups excluding carboxylic acids is 8. The second-order valence-electron chi connectivity index (χ2n) is 30.6. The van der Waals surface area contributed by atoms with Crippen LogP contribution < -0.4 is 69.5 Å². The number of likely N-dealkylation sites (N-methyl/N-ethyl adjacent to an activating group) is 1. The first-order chi connectivity index (χ1) is 55.1. The number of aromatic amines is 1. The Morgan fingerprint density at radius 2 is 1.15 bits per heavy atom. The molecule has 3 heterocycles. The number of hydrogen-bond acceptors (Lipinski definition) is 14. The molecule has 0 fully saturated rings. The number of H-pyrrole nitrogens is 1. The van der Waals surface area contributed by atoms with Crippen LogP contribution in [0.5, 0.6) is 5.75 Å². The number of guanidine groups is 2. The van der Waals surface area contributed by atoms with Crippen LogP contribution in [0.4, 0.5) is 11.4 Å². The molecule has 0 aliphatic carbocycles. The van der Waals surface area contributed by atoms with Gasteiger partial charge in [0.15, 0.2) is 17.6 Å². The van der Waals surface area contributed by atoms with Gasteiger partial charge in [-0.3, -0.25) is 49.2 Å². The Hall–Kier alpha value is -11.9. The maximum Gasteiger partial charge on any atom is 0.247 e. The largest absolute Gasteiger partial charge is 0.508 e. The van der Waals surface area contributed by atoms with Crippen molar-refractivity contribution in [2.24, 2.45) is 17.4 Å². The third-order valence-corrected chi connectivity index (χ3v) is 20.7. The smallest absolute Gasteiger partial charge is 0.247 e. The molecular formula is C87H114N17O11+. The number of nitrogens with one attached hydrogen (secondary N) is 13. The Morgan fingerprint density at radius 1 is 0.565 bits per heavy atom. The second kappa shape index (κ2) is 41.7. The maximum atomic E-state index is 14.5. The van der Waals surface area contributed by atoms with E-state index in [2.05, 4.69) is 206 Å². The van der Waals surface area contributed by atoms with Gasteiger partial charge in [-0.25, -0.2) is 0 Å². The molecule has 8 amide bonds. The van der Waals surface area contributed by atoms with Crippen molar-refractivity contribution in [2.75, 3.05) is 77.6 Å². The number of allylic oxidation sites excluding steroid dienone is 6. The summed E-state index contributed by atoms with van der Waals surface area (Å²) in [6, 6.07) is 32.9. The molecule has 18 N–H and O–H groups in total. The van der Waals surface area contributed by atoms with E-state index in [1.165, 1.54) is 74.5 Å². The van der Waals surface area contributed by atoms with Gasteiger partial charge in [0.1, 0.15) is 42.5 Å². The number of amides is 8. The molecule has 0 spiro atoms. The summed E-state index contributed by atoms with van der Waals surface area (Å²) in [6.07, 6.45) is 15.9. The monoisotopic (exact) mass is 1570 g/mol.